The zero-order chi connectivity index (χ0) is 23.4. The normalized spacial score (nSPS) is 21.6. The van der Waals surface area contributed by atoms with Crippen molar-refractivity contribution in [1.29, 1.82) is 0 Å². The molecule has 0 aliphatic carbocycles. The molecule has 1 aliphatic rings. The fourth-order valence-corrected chi connectivity index (χ4v) is 6.29. The number of likely N-dealkylation sites (N-methyl/N-ethyl adjacent to an activating group) is 1. The zero-order valence-corrected chi connectivity index (χ0v) is 18.6. The van der Waals surface area contributed by atoms with Crippen LogP contribution in [-0.4, -0.2) is 71.6 Å². The van der Waals surface area contributed by atoms with Crippen LogP contribution < -0.4 is 4.74 Å². The van der Waals surface area contributed by atoms with Crippen LogP contribution in [0.2, 0.25) is 0 Å². The number of nitrogens with zero attached hydrogens (tertiary/aromatic N) is 3. The minimum Gasteiger partial charge on any atom is -0.480 e. The number of ketones is 1. The molecule has 0 N–H and O–H groups in total. The number of amides is 1. The van der Waals surface area contributed by atoms with E-state index >= 15 is 0 Å². The second-order valence-corrected chi connectivity index (χ2v) is 9.55. The number of hydrogen-bond acceptors (Lipinski definition) is 7. The van der Waals surface area contributed by atoms with Gasteiger partial charge in [-0.3, -0.25) is 14.4 Å². The summed E-state index contributed by atoms with van der Waals surface area (Å²) < 4.78 is 38.4. The van der Waals surface area contributed by atoms with E-state index in [0.717, 1.165) is 12.1 Å². The lowest BCUT2D eigenvalue weighted by Crippen LogP contribution is -2.38. The largest absolute Gasteiger partial charge is 0.480 e. The van der Waals surface area contributed by atoms with E-state index in [4.69, 9.17) is 9.47 Å². The molecule has 0 spiro atoms. The number of methoxy groups -OCH3 is 2. The van der Waals surface area contributed by atoms with Gasteiger partial charge in [-0.15, -0.1) is 5.10 Å². The summed E-state index contributed by atoms with van der Waals surface area (Å²) >= 11 is 0. The van der Waals surface area contributed by atoms with E-state index in [1.54, 1.807) is 0 Å². The molecule has 1 aliphatic heterocycles. The molecular weight excluding hydrogens is 444 g/mol. The fourth-order valence-electron chi connectivity index (χ4n) is 3.48. The minimum atomic E-state index is -1.86. The fraction of sp³-hybridized carbons (Fsp3) is 0.381. The van der Waals surface area contributed by atoms with Crippen molar-refractivity contribution >= 4 is 27.7 Å². The summed E-state index contributed by atoms with van der Waals surface area (Å²) in [6.07, 6.45) is 0. The number of thiol groups is 1. The number of rotatable bonds is 8. The van der Waals surface area contributed by atoms with Gasteiger partial charge >= 0.3 is 0 Å². The molecule has 8 nitrogen and oxygen atoms in total. The van der Waals surface area contributed by atoms with E-state index in [2.05, 4.69) is 10.2 Å². The second kappa shape index (κ2) is 10.1. The number of carbonyl (C=O) groups excluding carboxylic acids is 3. The molecule has 1 saturated heterocycles. The van der Waals surface area contributed by atoms with E-state index in [0.29, 0.717) is 0 Å². The Morgan fingerprint density at radius 3 is 2.38 bits per heavy atom. The topological polar surface area (TPSA) is 98.7 Å². The molecule has 172 valence electrons. The van der Waals surface area contributed by atoms with Crippen molar-refractivity contribution in [3.63, 3.8) is 0 Å². The smallest absolute Gasteiger partial charge is 0.248 e. The third-order valence-corrected chi connectivity index (χ3v) is 7.87. The summed E-state index contributed by atoms with van der Waals surface area (Å²) in [6, 6.07) is 6.37. The van der Waals surface area contributed by atoms with Crippen LogP contribution in [0.25, 0.3) is 0 Å². The molecule has 3 atom stereocenters. The highest BCUT2D eigenvalue weighted by atomic mass is 32.2. The first-order valence-corrected chi connectivity index (χ1v) is 11.3. The maximum Gasteiger partial charge on any atom is 0.248 e. The molecule has 2 heterocycles. The lowest BCUT2D eigenvalue weighted by atomic mass is 9.99. The Morgan fingerprint density at radius 1 is 1.12 bits per heavy atom. The van der Waals surface area contributed by atoms with Crippen molar-refractivity contribution in [1.82, 2.24) is 15.1 Å². The van der Waals surface area contributed by atoms with Crippen LogP contribution in [0.4, 0.5) is 8.78 Å². The van der Waals surface area contributed by atoms with E-state index in [-0.39, 0.29) is 41.9 Å². The van der Waals surface area contributed by atoms with E-state index < -0.39 is 44.6 Å². The van der Waals surface area contributed by atoms with Gasteiger partial charge < -0.3 is 14.4 Å². The molecule has 3 unspecified atom stereocenters. The van der Waals surface area contributed by atoms with Crippen LogP contribution in [0.15, 0.2) is 30.3 Å². The molecule has 0 radical (unpaired) electrons. The summed E-state index contributed by atoms with van der Waals surface area (Å²) in [5.74, 6) is -3.67. The number of Topliss-reactive ketones (excluding diaryl/α,β-unsaturated/α-hetero) is 1. The summed E-state index contributed by atoms with van der Waals surface area (Å²) in [6.45, 7) is -0.271. The Bertz CT molecular complexity index is 1000. The molecule has 1 amide bonds. The van der Waals surface area contributed by atoms with Gasteiger partial charge in [-0.2, -0.15) is 16.0 Å². The highest BCUT2D eigenvalue weighted by molar-refractivity contribution is 8.30. The number of carbonyl (C=O) groups is 3. The van der Waals surface area contributed by atoms with Crippen LogP contribution in [0, 0.1) is 11.6 Å². The molecule has 32 heavy (non-hydrogen) atoms. The van der Waals surface area contributed by atoms with Crippen molar-refractivity contribution in [3.05, 3.63) is 53.2 Å². The number of benzene rings is 1. The first-order valence-electron chi connectivity index (χ1n) is 9.66. The van der Waals surface area contributed by atoms with Gasteiger partial charge in [-0.25, -0.2) is 8.78 Å². The first-order chi connectivity index (χ1) is 15.3. The standard InChI is InChI=1S/C21H23F2N3O5S/c1-26(18(27)10-30-2)9-16-20(28)19(15-7-8-17(31-3)25-24-15)21(29)32(16)11-12-13(22)5-4-6-14(12)23/h4-8,16,19,32H,9-11H2,1-3H3. The average molecular weight is 467 g/mol. The lowest BCUT2D eigenvalue weighted by molar-refractivity contribution is -0.134. The van der Waals surface area contributed by atoms with Crippen molar-refractivity contribution in [2.45, 2.75) is 16.9 Å². The van der Waals surface area contributed by atoms with Crippen LogP contribution in [0.5, 0.6) is 5.88 Å². The van der Waals surface area contributed by atoms with Crippen LogP contribution >= 0.6 is 10.9 Å². The highest BCUT2D eigenvalue weighted by Gasteiger charge is 2.49. The molecule has 1 fully saturated rings. The predicted molar refractivity (Wildman–Crippen MR) is 114 cm³/mol. The number of aromatic nitrogens is 2. The zero-order valence-electron chi connectivity index (χ0n) is 17.7. The SMILES string of the molecule is COCC(=O)N(C)CC1C(=O)C(c2ccc(OC)nn2)C(=O)[SH]1Cc1c(F)cccc1F. The second-order valence-electron chi connectivity index (χ2n) is 7.23. The van der Waals surface area contributed by atoms with Crippen LogP contribution in [0.3, 0.4) is 0 Å². The first kappa shape index (κ1) is 23.7. The van der Waals surface area contributed by atoms with Gasteiger partial charge in [0.25, 0.3) is 0 Å². The summed E-state index contributed by atoms with van der Waals surface area (Å²) in [7, 11) is 2.39. The Kier molecular flexibility index (Phi) is 7.52. The van der Waals surface area contributed by atoms with E-state index in [1.807, 2.05) is 0 Å². The number of ether oxygens (including phenoxy) is 2. The van der Waals surface area contributed by atoms with Gasteiger partial charge in [0.2, 0.25) is 11.8 Å². The summed E-state index contributed by atoms with van der Waals surface area (Å²) in [4.78, 5) is 40.1. The van der Waals surface area contributed by atoms with Gasteiger partial charge in [0, 0.05) is 38.1 Å². The minimum absolute atomic E-state index is 0.0748. The highest BCUT2D eigenvalue weighted by Crippen LogP contribution is 2.50. The Morgan fingerprint density at radius 2 is 1.81 bits per heavy atom. The van der Waals surface area contributed by atoms with E-state index in [9.17, 15) is 23.2 Å². The Hall–Kier alpha value is -2.92. The molecule has 0 saturated carbocycles. The average Bonchev–Trinajstić information content (AvgIpc) is 3.00. The van der Waals surface area contributed by atoms with Gasteiger partial charge in [0.05, 0.1) is 18.1 Å². The molecule has 1 aromatic carbocycles. The molecule has 2 aromatic rings. The van der Waals surface area contributed by atoms with Crippen molar-refractivity contribution in [2.24, 2.45) is 0 Å². The maximum absolute atomic E-state index is 14.3. The predicted octanol–water partition coefficient (Wildman–Crippen LogP) is 1.63. The molecule has 11 heteroatoms. The molecule has 1 aromatic heterocycles. The van der Waals surface area contributed by atoms with Gasteiger partial charge in [0.1, 0.15) is 24.2 Å². The van der Waals surface area contributed by atoms with Gasteiger partial charge in [-0.1, -0.05) is 6.07 Å². The Labute approximate surface area is 186 Å². The maximum atomic E-state index is 14.3. The van der Waals surface area contributed by atoms with Gasteiger partial charge in [0.15, 0.2) is 10.9 Å². The summed E-state index contributed by atoms with van der Waals surface area (Å²) in [5.41, 5.74) is -0.118. The molecule has 0 bridgehead atoms. The van der Waals surface area contributed by atoms with Crippen LogP contribution in [-0.2, 0) is 24.9 Å². The lowest BCUT2D eigenvalue weighted by Gasteiger charge is -2.26. The number of halogens is 2. The van der Waals surface area contributed by atoms with Crippen molar-refractivity contribution < 1.29 is 32.6 Å². The molecule has 3 rings (SSSR count). The third-order valence-electron chi connectivity index (χ3n) is 5.22. The van der Waals surface area contributed by atoms with Crippen molar-refractivity contribution in [3.8, 4) is 5.88 Å². The van der Waals surface area contributed by atoms with Gasteiger partial charge in [-0.05, 0) is 18.2 Å². The third kappa shape index (κ3) is 4.78. The number of hydrogen-bond donors (Lipinski definition) is 1. The summed E-state index contributed by atoms with van der Waals surface area (Å²) in [5, 5.41) is 6.39. The Balaban J connectivity index is 1.96. The monoisotopic (exact) mass is 467 g/mol. The van der Waals surface area contributed by atoms with E-state index in [1.165, 1.54) is 44.4 Å². The van der Waals surface area contributed by atoms with Crippen LogP contribution in [0.1, 0.15) is 17.2 Å². The quantitative estimate of drug-likeness (QED) is 0.465. The molecular formula is C21H23F2N3O5S. The van der Waals surface area contributed by atoms with Crippen molar-refractivity contribution in [2.75, 3.05) is 34.4 Å².